The molecular formula is C30H29N3O2. The molecule has 2 heterocycles. The number of nitrogens with zero attached hydrogens (tertiary/aromatic N) is 3. The van der Waals surface area contributed by atoms with E-state index in [4.69, 9.17) is 9.72 Å². The first-order chi connectivity index (χ1) is 17.2. The Labute approximate surface area is 206 Å². The Morgan fingerprint density at radius 3 is 2.31 bits per heavy atom. The maximum absolute atomic E-state index is 13.7. The van der Waals surface area contributed by atoms with Crippen LogP contribution in [-0.4, -0.2) is 48.6 Å². The second-order valence-corrected chi connectivity index (χ2v) is 8.57. The molecule has 0 atom stereocenters. The van der Waals surface area contributed by atoms with E-state index in [-0.39, 0.29) is 5.91 Å². The number of pyridine rings is 1. The van der Waals surface area contributed by atoms with Gasteiger partial charge in [-0.3, -0.25) is 4.79 Å². The number of ether oxygens (including phenoxy) is 1. The fraction of sp³-hybridized carbons (Fsp3) is 0.200. The topological polar surface area (TPSA) is 45.7 Å². The van der Waals surface area contributed by atoms with E-state index in [1.807, 2.05) is 90.7 Å². The molecular weight excluding hydrogens is 434 g/mol. The molecule has 3 aromatic carbocycles. The van der Waals surface area contributed by atoms with E-state index < -0.39 is 0 Å². The van der Waals surface area contributed by atoms with Crippen molar-refractivity contribution in [1.29, 1.82) is 0 Å². The Morgan fingerprint density at radius 2 is 1.57 bits per heavy atom. The highest BCUT2D eigenvalue weighted by atomic mass is 16.5. The van der Waals surface area contributed by atoms with Crippen molar-refractivity contribution in [1.82, 2.24) is 9.88 Å². The van der Waals surface area contributed by atoms with Crippen LogP contribution in [0.5, 0.6) is 5.75 Å². The number of benzene rings is 3. The van der Waals surface area contributed by atoms with Gasteiger partial charge in [-0.05, 0) is 54.5 Å². The summed E-state index contributed by atoms with van der Waals surface area (Å²) in [5, 5.41) is 1.14. The SMILES string of the molecule is CCOc1ccc(/C=C(/C(=O)N2CCN(c3ccc4ccccc4n3)CC2)c2ccccc2)cc1. The van der Waals surface area contributed by atoms with Crippen LogP contribution < -0.4 is 9.64 Å². The fourth-order valence-corrected chi connectivity index (χ4v) is 4.42. The van der Waals surface area contributed by atoms with Crippen LogP contribution in [0.1, 0.15) is 18.1 Å². The molecule has 1 fully saturated rings. The summed E-state index contributed by atoms with van der Waals surface area (Å²) in [5.41, 5.74) is 3.59. The van der Waals surface area contributed by atoms with Crippen molar-refractivity contribution >= 4 is 34.3 Å². The van der Waals surface area contributed by atoms with Crippen LogP contribution in [0, 0.1) is 0 Å². The van der Waals surface area contributed by atoms with E-state index in [1.165, 1.54) is 0 Å². The maximum Gasteiger partial charge on any atom is 0.254 e. The number of para-hydroxylation sites is 1. The first-order valence-corrected chi connectivity index (χ1v) is 12.1. The maximum atomic E-state index is 13.7. The van der Waals surface area contributed by atoms with Crippen molar-refractivity contribution in [2.75, 3.05) is 37.7 Å². The molecule has 0 radical (unpaired) electrons. The molecule has 5 rings (SSSR count). The van der Waals surface area contributed by atoms with Crippen LogP contribution >= 0.6 is 0 Å². The van der Waals surface area contributed by atoms with Crippen molar-refractivity contribution in [3.8, 4) is 5.75 Å². The first kappa shape index (κ1) is 22.7. The third-order valence-electron chi connectivity index (χ3n) is 6.29. The van der Waals surface area contributed by atoms with Crippen molar-refractivity contribution in [2.45, 2.75) is 6.92 Å². The molecule has 5 nitrogen and oxygen atoms in total. The van der Waals surface area contributed by atoms with Crippen LogP contribution in [0.3, 0.4) is 0 Å². The second-order valence-electron chi connectivity index (χ2n) is 8.57. The summed E-state index contributed by atoms with van der Waals surface area (Å²) in [6.45, 7) is 5.41. The Hall–Kier alpha value is -4.12. The summed E-state index contributed by atoms with van der Waals surface area (Å²) in [6, 6.07) is 30.1. The lowest BCUT2D eigenvalue weighted by molar-refractivity contribution is -0.125. The van der Waals surface area contributed by atoms with Gasteiger partial charge in [-0.15, -0.1) is 0 Å². The van der Waals surface area contributed by atoms with Gasteiger partial charge in [0.25, 0.3) is 5.91 Å². The molecule has 4 aromatic rings. The van der Waals surface area contributed by atoms with Crippen molar-refractivity contribution < 1.29 is 9.53 Å². The zero-order valence-electron chi connectivity index (χ0n) is 19.9. The molecule has 0 aliphatic carbocycles. The highest BCUT2D eigenvalue weighted by Crippen LogP contribution is 2.24. The summed E-state index contributed by atoms with van der Waals surface area (Å²) in [6.07, 6.45) is 1.98. The van der Waals surface area contributed by atoms with Gasteiger partial charge >= 0.3 is 0 Å². The molecule has 35 heavy (non-hydrogen) atoms. The smallest absolute Gasteiger partial charge is 0.254 e. The Bertz CT molecular complexity index is 1320. The van der Waals surface area contributed by atoms with Gasteiger partial charge in [-0.1, -0.05) is 60.7 Å². The van der Waals surface area contributed by atoms with Gasteiger partial charge in [-0.2, -0.15) is 0 Å². The van der Waals surface area contributed by atoms with Crippen molar-refractivity contribution in [2.24, 2.45) is 0 Å². The zero-order chi connectivity index (χ0) is 24.0. The minimum atomic E-state index is 0.0520. The lowest BCUT2D eigenvalue weighted by Gasteiger charge is -2.36. The highest BCUT2D eigenvalue weighted by Gasteiger charge is 2.25. The van der Waals surface area contributed by atoms with Gasteiger partial charge in [0.15, 0.2) is 0 Å². The summed E-state index contributed by atoms with van der Waals surface area (Å²) >= 11 is 0. The van der Waals surface area contributed by atoms with Gasteiger partial charge in [0.2, 0.25) is 0 Å². The number of anilines is 1. The molecule has 0 N–H and O–H groups in total. The third-order valence-corrected chi connectivity index (χ3v) is 6.29. The number of piperazine rings is 1. The van der Waals surface area contributed by atoms with Gasteiger partial charge in [-0.25, -0.2) is 4.98 Å². The number of hydrogen-bond donors (Lipinski definition) is 0. The number of carbonyl (C=O) groups is 1. The number of aromatic nitrogens is 1. The van der Waals surface area contributed by atoms with E-state index in [0.29, 0.717) is 25.3 Å². The summed E-state index contributed by atoms with van der Waals surface area (Å²) in [7, 11) is 0. The lowest BCUT2D eigenvalue weighted by Crippen LogP contribution is -2.49. The molecule has 1 saturated heterocycles. The van der Waals surface area contributed by atoms with E-state index in [2.05, 4.69) is 23.1 Å². The average Bonchev–Trinajstić information content (AvgIpc) is 2.93. The quantitative estimate of drug-likeness (QED) is 0.279. The van der Waals surface area contributed by atoms with E-state index in [1.54, 1.807) is 0 Å². The van der Waals surface area contributed by atoms with E-state index in [0.717, 1.165) is 46.7 Å². The molecule has 5 heteroatoms. The van der Waals surface area contributed by atoms with E-state index in [9.17, 15) is 4.79 Å². The van der Waals surface area contributed by atoms with Gasteiger partial charge in [0.05, 0.1) is 12.1 Å². The number of carbonyl (C=O) groups excluding carboxylic acids is 1. The molecule has 0 unspecified atom stereocenters. The molecule has 0 spiro atoms. The third kappa shape index (κ3) is 5.19. The Kier molecular flexibility index (Phi) is 6.75. The molecule has 1 amide bonds. The highest BCUT2D eigenvalue weighted by molar-refractivity contribution is 6.24. The number of hydrogen-bond acceptors (Lipinski definition) is 4. The fourth-order valence-electron chi connectivity index (χ4n) is 4.42. The molecule has 0 saturated carbocycles. The van der Waals surface area contributed by atoms with Gasteiger partial charge in [0.1, 0.15) is 11.6 Å². The standard InChI is InChI=1S/C30H29N3O2/c1-2-35-26-15-12-23(13-16-26)22-27(24-8-4-3-5-9-24)30(34)33-20-18-32(19-21-33)29-17-14-25-10-6-7-11-28(25)31-29/h3-17,22H,2,18-21H2,1H3/b27-22+. The zero-order valence-corrected chi connectivity index (χ0v) is 19.9. The summed E-state index contributed by atoms with van der Waals surface area (Å²) in [5.74, 6) is 1.84. The van der Waals surface area contributed by atoms with Crippen LogP contribution in [-0.2, 0) is 4.79 Å². The minimum absolute atomic E-state index is 0.0520. The number of amides is 1. The molecule has 0 bridgehead atoms. The largest absolute Gasteiger partial charge is 0.494 e. The van der Waals surface area contributed by atoms with Crippen molar-refractivity contribution in [3.63, 3.8) is 0 Å². The molecule has 1 aromatic heterocycles. The van der Waals surface area contributed by atoms with E-state index >= 15 is 0 Å². The van der Waals surface area contributed by atoms with Gasteiger partial charge in [0, 0.05) is 37.1 Å². The Balaban J connectivity index is 1.34. The molecule has 1 aliphatic rings. The lowest BCUT2D eigenvalue weighted by atomic mass is 10.0. The average molecular weight is 464 g/mol. The van der Waals surface area contributed by atoms with Crippen molar-refractivity contribution in [3.05, 3.63) is 102 Å². The van der Waals surface area contributed by atoms with Crippen LogP contribution in [0.2, 0.25) is 0 Å². The predicted octanol–water partition coefficient (Wildman–Crippen LogP) is 5.52. The Morgan fingerprint density at radius 1 is 0.857 bits per heavy atom. The van der Waals surface area contributed by atoms with Crippen LogP contribution in [0.25, 0.3) is 22.6 Å². The molecule has 176 valence electrons. The summed E-state index contributed by atoms with van der Waals surface area (Å²) in [4.78, 5) is 22.7. The summed E-state index contributed by atoms with van der Waals surface area (Å²) < 4.78 is 5.56. The minimum Gasteiger partial charge on any atom is -0.494 e. The van der Waals surface area contributed by atoms with Crippen LogP contribution in [0.15, 0.2) is 91.0 Å². The normalized spacial score (nSPS) is 14.3. The van der Waals surface area contributed by atoms with Crippen LogP contribution in [0.4, 0.5) is 5.82 Å². The van der Waals surface area contributed by atoms with Gasteiger partial charge < -0.3 is 14.5 Å². The monoisotopic (exact) mass is 463 g/mol. The number of rotatable bonds is 6. The first-order valence-electron chi connectivity index (χ1n) is 12.1. The predicted molar refractivity (Wildman–Crippen MR) is 142 cm³/mol. The number of fused-ring (bicyclic) bond motifs is 1. The molecule has 1 aliphatic heterocycles. The second kappa shape index (κ2) is 10.4.